The minimum Gasteiger partial charge on any atom is -0.383 e. The zero-order valence-electron chi connectivity index (χ0n) is 15.2. The Balaban J connectivity index is 2.42. The third-order valence-corrected chi connectivity index (χ3v) is 5.87. The summed E-state index contributed by atoms with van der Waals surface area (Å²) in [6.45, 7) is 4.14. The average Bonchev–Trinajstić information content (AvgIpc) is 2.63. The number of nitrogens with one attached hydrogen (secondary N) is 1. The molecule has 2 aromatic rings. The van der Waals surface area contributed by atoms with E-state index in [4.69, 9.17) is 4.74 Å². The van der Waals surface area contributed by atoms with Crippen molar-refractivity contribution in [2.45, 2.75) is 18.7 Å². The van der Waals surface area contributed by atoms with Crippen LogP contribution in [0.3, 0.4) is 0 Å². The van der Waals surface area contributed by atoms with E-state index in [9.17, 15) is 13.2 Å². The van der Waals surface area contributed by atoms with Crippen molar-refractivity contribution < 1.29 is 17.9 Å². The number of rotatable bonds is 8. The van der Waals surface area contributed by atoms with Gasteiger partial charge in [0.15, 0.2) is 0 Å². The molecule has 0 aliphatic rings. The van der Waals surface area contributed by atoms with Gasteiger partial charge in [-0.05, 0) is 43.2 Å². The molecular weight excluding hydrogens is 352 g/mol. The highest BCUT2D eigenvalue weighted by molar-refractivity contribution is 7.92. The Hall–Kier alpha value is -2.38. The summed E-state index contributed by atoms with van der Waals surface area (Å²) in [5.74, 6) is -0.387. The van der Waals surface area contributed by atoms with E-state index >= 15 is 0 Å². The molecule has 0 saturated carbocycles. The maximum atomic E-state index is 13.2. The van der Waals surface area contributed by atoms with Crippen LogP contribution in [0.4, 0.5) is 5.69 Å². The van der Waals surface area contributed by atoms with Crippen molar-refractivity contribution in [1.29, 1.82) is 0 Å². The first-order valence-electron chi connectivity index (χ1n) is 8.27. The standard InChI is InChI=1S/C19H24N2O4S/c1-15-8-7-11-18(16(15)2)21(14-19(22)20-12-13-25-3)26(23,24)17-9-5-4-6-10-17/h4-11H,12-14H2,1-3H3,(H,20,22). The molecule has 1 N–H and O–H groups in total. The first-order chi connectivity index (χ1) is 12.4. The van der Waals surface area contributed by atoms with Gasteiger partial charge in [-0.3, -0.25) is 9.10 Å². The molecule has 0 aliphatic heterocycles. The van der Waals surface area contributed by atoms with Crippen LogP contribution in [0.1, 0.15) is 11.1 Å². The van der Waals surface area contributed by atoms with Crippen LogP contribution >= 0.6 is 0 Å². The number of benzene rings is 2. The number of carbonyl (C=O) groups excluding carboxylic acids is 1. The maximum absolute atomic E-state index is 13.2. The minimum atomic E-state index is -3.88. The third kappa shape index (κ3) is 4.62. The number of methoxy groups -OCH3 is 1. The van der Waals surface area contributed by atoms with Crippen LogP contribution in [-0.2, 0) is 19.6 Å². The molecule has 0 bridgehead atoms. The quantitative estimate of drug-likeness (QED) is 0.717. The Morgan fingerprint density at radius 1 is 1.08 bits per heavy atom. The van der Waals surface area contributed by atoms with Crippen molar-refractivity contribution in [3.8, 4) is 0 Å². The molecule has 2 rings (SSSR count). The van der Waals surface area contributed by atoms with Crippen LogP contribution in [0.15, 0.2) is 53.4 Å². The highest BCUT2D eigenvalue weighted by Crippen LogP contribution is 2.28. The molecule has 26 heavy (non-hydrogen) atoms. The highest BCUT2D eigenvalue weighted by Gasteiger charge is 2.28. The van der Waals surface area contributed by atoms with Gasteiger partial charge in [0.2, 0.25) is 5.91 Å². The van der Waals surface area contributed by atoms with Crippen molar-refractivity contribution in [1.82, 2.24) is 5.32 Å². The van der Waals surface area contributed by atoms with Crippen LogP contribution in [0.5, 0.6) is 0 Å². The first kappa shape index (κ1) is 19.9. The normalized spacial score (nSPS) is 11.2. The lowest BCUT2D eigenvalue weighted by atomic mass is 10.1. The molecule has 0 saturated heterocycles. The summed E-state index contributed by atoms with van der Waals surface area (Å²) >= 11 is 0. The van der Waals surface area contributed by atoms with Gasteiger partial charge in [0.1, 0.15) is 6.54 Å². The molecule has 0 aliphatic carbocycles. The van der Waals surface area contributed by atoms with Crippen LogP contribution in [0.2, 0.25) is 0 Å². The molecule has 0 spiro atoms. The van der Waals surface area contributed by atoms with Gasteiger partial charge in [0.05, 0.1) is 17.2 Å². The predicted octanol–water partition coefficient (Wildman–Crippen LogP) is 2.26. The molecule has 0 unspecified atom stereocenters. The Morgan fingerprint density at radius 3 is 2.42 bits per heavy atom. The van der Waals surface area contributed by atoms with E-state index < -0.39 is 10.0 Å². The molecule has 0 atom stereocenters. The molecule has 7 heteroatoms. The second-order valence-electron chi connectivity index (χ2n) is 5.89. The average molecular weight is 376 g/mol. The summed E-state index contributed by atoms with van der Waals surface area (Å²) < 4.78 is 32.4. The molecule has 0 fully saturated rings. The maximum Gasteiger partial charge on any atom is 0.264 e. The number of sulfonamides is 1. The van der Waals surface area contributed by atoms with Crippen molar-refractivity contribution in [2.75, 3.05) is 31.1 Å². The fourth-order valence-corrected chi connectivity index (χ4v) is 4.00. The van der Waals surface area contributed by atoms with E-state index in [1.54, 1.807) is 30.3 Å². The third-order valence-electron chi connectivity index (χ3n) is 4.09. The lowest BCUT2D eigenvalue weighted by Crippen LogP contribution is -2.42. The number of aryl methyl sites for hydroxylation is 1. The topological polar surface area (TPSA) is 75.7 Å². The van der Waals surface area contributed by atoms with Crippen LogP contribution in [0, 0.1) is 13.8 Å². The Morgan fingerprint density at radius 2 is 1.77 bits per heavy atom. The van der Waals surface area contributed by atoms with Gasteiger partial charge in [0.25, 0.3) is 10.0 Å². The van der Waals surface area contributed by atoms with E-state index in [1.807, 2.05) is 19.9 Å². The fraction of sp³-hybridized carbons (Fsp3) is 0.316. The SMILES string of the molecule is COCCNC(=O)CN(c1cccc(C)c1C)S(=O)(=O)c1ccccc1. The van der Waals surface area contributed by atoms with E-state index in [0.717, 1.165) is 15.4 Å². The Bertz CT molecular complexity index is 851. The van der Waals surface area contributed by atoms with E-state index in [0.29, 0.717) is 18.8 Å². The number of amides is 1. The minimum absolute atomic E-state index is 0.144. The van der Waals surface area contributed by atoms with Crippen molar-refractivity contribution >= 4 is 21.6 Å². The Kier molecular flexibility index (Phi) is 6.76. The monoisotopic (exact) mass is 376 g/mol. The first-order valence-corrected chi connectivity index (χ1v) is 9.71. The van der Waals surface area contributed by atoms with Gasteiger partial charge in [-0.1, -0.05) is 30.3 Å². The number of nitrogens with zero attached hydrogens (tertiary/aromatic N) is 1. The molecular formula is C19H24N2O4S. The second-order valence-corrected chi connectivity index (χ2v) is 7.75. The van der Waals surface area contributed by atoms with Gasteiger partial charge in [0, 0.05) is 13.7 Å². The number of hydrogen-bond donors (Lipinski definition) is 1. The van der Waals surface area contributed by atoms with Gasteiger partial charge < -0.3 is 10.1 Å². The number of ether oxygens (including phenoxy) is 1. The number of carbonyl (C=O) groups is 1. The van der Waals surface area contributed by atoms with Crippen molar-refractivity contribution in [3.05, 3.63) is 59.7 Å². The predicted molar refractivity (Wildman–Crippen MR) is 102 cm³/mol. The molecule has 2 aromatic carbocycles. The molecule has 6 nitrogen and oxygen atoms in total. The van der Waals surface area contributed by atoms with Gasteiger partial charge in [-0.15, -0.1) is 0 Å². The lowest BCUT2D eigenvalue weighted by molar-refractivity contribution is -0.119. The summed E-state index contributed by atoms with van der Waals surface area (Å²) in [6, 6.07) is 13.5. The van der Waals surface area contributed by atoms with Crippen molar-refractivity contribution in [3.63, 3.8) is 0 Å². The lowest BCUT2D eigenvalue weighted by Gasteiger charge is -2.26. The summed E-state index contributed by atoms with van der Waals surface area (Å²) in [6.07, 6.45) is 0. The largest absolute Gasteiger partial charge is 0.383 e. The second kappa shape index (κ2) is 8.82. The highest BCUT2D eigenvalue weighted by atomic mass is 32.2. The van der Waals surface area contributed by atoms with Crippen LogP contribution in [0.25, 0.3) is 0 Å². The molecule has 0 radical (unpaired) electrons. The number of anilines is 1. The molecule has 0 heterocycles. The van der Waals surface area contributed by atoms with E-state index in [-0.39, 0.29) is 17.3 Å². The van der Waals surface area contributed by atoms with Crippen LogP contribution < -0.4 is 9.62 Å². The zero-order valence-corrected chi connectivity index (χ0v) is 16.0. The van der Waals surface area contributed by atoms with Gasteiger partial charge in [-0.2, -0.15) is 0 Å². The van der Waals surface area contributed by atoms with E-state index in [1.165, 1.54) is 19.2 Å². The van der Waals surface area contributed by atoms with E-state index in [2.05, 4.69) is 5.32 Å². The summed E-state index contributed by atoms with van der Waals surface area (Å²) in [5.41, 5.74) is 2.27. The fourth-order valence-electron chi connectivity index (χ4n) is 2.50. The summed E-state index contributed by atoms with van der Waals surface area (Å²) in [7, 11) is -2.34. The number of hydrogen-bond acceptors (Lipinski definition) is 4. The summed E-state index contributed by atoms with van der Waals surface area (Å²) in [5, 5.41) is 2.67. The molecule has 140 valence electrons. The smallest absolute Gasteiger partial charge is 0.264 e. The Labute approximate surface area is 154 Å². The van der Waals surface area contributed by atoms with Crippen molar-refractivity contribution in [2.24, 2.45) is 0 Å². The molecule has 0 aromatic heterocycles. The van der Waals surface area contributed by atoms with Gasteiger partial charge >= 0.3 is 0 Å². The van der Waals surface area contributed by atoms with Crippen LogP contribution in [-0.4, -0.2) is 41.1 Å². The zero-order chi connectivity index (χ0) is 19.2. The van der Waals surface area contributed by atoms with Gasteiger partial charge in [-0.25, -0.2) is 8.42 Å². The summed E-state index contributed by atoms with van der Waals surface area (Å²) in [4.78, 5) is 12.4. The molecule has 1 amide bonds.